The molecule has 0 spiro atoms. The maximum atomic E-state index is 13.7. The summed E-state index contributed by atoms with van der Waals surface area (Å²) >= 11 is 0. The van der Waals surface area contributed by atoms with Crippen molar-refractivity contribution >= 4 is 17.3 Å². The molecular formula is C28H31NO10. The lowest BCUT2D eigenvalue weighted by Crippen LogP contribution is -2.52. The van der Waals surface area contributed by atoms with E-state index in [9.17, 15) is 34.8 Å². The Morgan fingerprint density at radius 2 is 1.85 bits per heavy atom. The molecule has 2 aromatic rings. The Morgan fingerprint density at radius 3 is 2.49 bits per heavy atom. The van der Waals surface area contributed by atoms with E-state index in [1.807, 2.05) is 0 Å². The van der Waals surface area contributed by atoms with E-state index in [-0.39, 0.29) is 59.5 Å². The van der Waals surface area contributed by atoms with Gasteiger partial charge in [-0.25, -0.2) is 0 Å². The molecule has 0 amide bonds. The van der Waals surface area contributed by atoms with Crippen molar-refractivity contribution < 1.29 is 49.0 Å². The highest BCUT2D eigenvalue weighted by atomic mass is 16.7. The van der Waals surface area contributed by atoms with Crippen LogP contribution in [0.1, 0.15) is 82.2 Å². The summed E-state index contributed by atoms with van der Waals surface area (Å²) in [7, 11) is 1.35. The van der Waals surface area contributed by atoms with Gasteiger partial charge in [0.1, 0.15) is 23.0 Å². The lowest BCUT2D eigenvalue weighted by molar-refractivity contribution is -0.247. The maximum Gasteiger partial charge on any atom is 0.202 e. The number of ether oxygens (including phenoxy) is 3. The molecule has 1 aliphatic heterocycles. The zero-order valence-corrected chi connectivity index (χ0v) is 21.8. The molecule has 1 heterocycles. The molecule has 0 bridgehead atoms. The fraction of sp³-hybridized carbons (Fsp3) is 0.464. The van der Waals surface area contributed by atoms with Crippen LogP contribution < -0.4 is 10.5 Å². The van der Waals surface area contributed by atoms with Crippen LogP contribution in [0.15, 0.2) is 18.2 Å². The number of fused-ring (bicyclic) bond motifs is 3. The number of ketones is 3. The van der Waals surface area contributed by atoms with E-state index in [0.29, 0.717) is 0 Å². The molecule has 39 heavy (non-hydrogen) atoms. The lowest BCUT2D eigenvalue weighted by Gasteiger charge is -2.42. The highest BCUT2D eigenvalue weighted by Crippen LogP contribution is 2.53. The molecule has 3 aliphatic rings. The minimum absolute atomic E-state index is 0.00115. The Hall–Kier alpha value is -3.35. The van der Waals surface area contributed by atoms with E-state index in [4.69, 9.17) is 19.9 Å². The van der Waals surface area contributed by atoms with Gasteiger partial charge in [-0.05, 0) is 19.9 Å². The second-order valence-corrected chi connectivity index (χ2v) is 10.7. The number of aromatic hydroxyl groups is 2. The summed E-state index contributed by atoms with van der Waals surface area (Å²) in [5.74, 6) is -2.75. The summed E-state index contributed by atoms with van der Waals surface area (Å²) in [6.45, 7) is 2.93. The number of nitrogens with two attached hydrogens (primary N) is 1. The summed E-state index contributed by atoms with van der Waals surface area (Å²) in [5, 5.41) is 44.5. The number of phenols is 2. The SMILES string of the molecule is COc1cccc2c1C(=O)c1c(O)c3c(c(O)c1C2=O)C[C@@](O)(CC(C)=O)C[C@@H]3OC1CC(N)C(O)C(C)O1. The molecule has 0 aromatic heterocycles. The summed E-state index contributed by atoms with van der Waals surface area (Å²) in [6.07, 6.45) is -4.38. The van der Waals surface area contributed by atoms with Crippen LogP contribution in [-0.4, -0.2) is 75.0 Å². The number of aliphatic hydroxyl groups excluding tert-OH is 1. The number of Topliss-reactive ketones (excluding diaryl/α,β-unsaturated/α-hetero) is 1. The highest BCUT2D eigenvalue weighted by molar-refractivity contribution is 6.31. The number of benzene rings is 2. The van der Waals surface area contributed by atoms with Gasteiger partial charge >= 0.3 is 0 Å². The Labute approximate surface area is 224 Å². The third kappa shape index (κ3) is 4.40. The monoisotopic (exact) mass is 541 g/mol. The average Bonchev–Trinajstić information content (AvgIpc) is 2.86. The Balaban J connectivity index is 1.67. The van der Waals surface area contributed by atoms with E-state index in [2.05, 4.69) is 0 Å². The highest BCUT2D eigenvalue weighted by Gasteiger charge is 2.48. The number of phenolic OH excluding ortho intramolecular Hbond substituents is 2. The van der Waals surface area contributed by atoms with Gasteiger partial charge in [0.05, 0.1) is 47.7 Å². The molecule has 0 saturated carbocycles. The standard InChI is InChI=1S/C28H31NO10/c1-11(30)8-28(36)9-14-20(17(10-28)39-18-7-15(29)23(31)12(2)38-18)27(35)22-21(25(14)33)24(32)13-5-4-6-16(37-3)19(13)26(22)34/h4-6,12,15,17-18,23,31,33,35-36H,7-10,29H2,1-3H3/t12?,15?,17-,18?,23?,28-/m0/s1. The molecule has 4 unspecified atom stereocenters. The van der Waals surface area contributed by atoms with E-state index in [1.54, 1.807) is 6.92 Å². The molecule has 208 valence electrons. The molecule has 11 heteroatoms. The third-order valence-electron chi connectivity index (χ3n) is 7.80. The first-order chi connectivity index (χ1) is 18.4. The van der Waals surface area contributed by atoms with Crippen LogP contribution in [0.4, 0.5) is 0 Å². The van der Waals surface area contributed by atoms with Crippen molar-refractivity contribution in [3.63, 3.8) is 0 Å². The van der Waals surface area contributed by atoms with Crippen LogP contribution in [0.5, 0.6) is 17.2 Å². The number of carbonyl (C=O) groups is 3. The van der Waals surface area contributed by atoms with Gasteiger partial charge in [-0.2, -0.15) is 0 Å². The third-order valence-corrected chi connectivity index (χ3v) is 7.80. The Bertz CT molecular complexity index is 1380. The van der Waals surface area contributed by atoms with Gasteiger partial charge < -0.3 is 40.4 Å². The molecule has 1 saturated heterocycles. The minimum atomic E-state index is -1.69. The van der Waals surface area contributed by atoms with Crippen molar-refractivity contribution in [2.45, 2.75) is 75.8 Å². The fourth-order valence-corrected chi connectivity index (χ4v) is 6.06. The summed E-state index contributed by atoms with van der Waals surface area (Å²) in [4.78, 5) is 39.2. The largest absolute Gasteiger partial charge is 0.507 e. The average molecular weight is 542 g/mol. The topological polar surface area (TPSA) is 186 Å². The molecule has 6 atom stereocenters. The van der Waals surface area contributed by atoms with Gasteiger partial charge in [0.15, 0.2) is 12.1 Å². The van der Waals surface area contributed by atoms with E-state index >= 15 is 0 Å². The fourth-order valence-electron chi connectivity index (χ4n) is 6.06. The van der Waals surface area contributed by atoms with Gasteiger partial charge in [0.2, 0.25) is 5.78 Å². The second kappa shape index (κ2) is 9.68. The number of hydrogen-bond acceptors (Lipinski definition) is 11. The predicted molar refractivity (Wildman–Crippen MR) is 135 cm³/mol. The van der Waals surface area contributed by atoms with Gasteiger partial charge in [-0.15, -0.1) is 0 Å². The zero-order chi connectivity index (χ0) is 28.4. The number of methoxy groups -OCH3 is 1. The van der Waals surface area contributed by atoms with E-state index < -0.39 is 70.4 Å². The van der Waals surface area contributed by atoms with Crippen molar-refractivity contribution in [3.05, 3.63) is 51.6 Å². The van der Waals surface area contributed by atoms with Gasteiger partial charge in [0, 0.05) is 48.4 Å². The van der Waals surface area contributed by atoms with Gasteiger partial charge in [-0.1, -0.05) is 12.1 Å². The van der Waals surface area contributed by atoms with Crippen LogP contribution in [-0.2, 0) is 20.7 Å². The second-order valence-electron chi connectivity index (χ2n) is 10.7. The molecule has 5 rings (SSSR count). The molecule has 6 N–H and O–H groups in total. The summed E-state index contributed by atoms with van der Waals surface area (Å²) < 4.78 is 17.2. The number of rotatable bonds is 5. The van der Waals surface area contributed by atoms with Crippen LogP contribution in [0, 0.1) is 0 Å². The van der Waals surface area contributed by atoms with Gasteiger partial charge in [-0.3, -0.25) is 14.4 Å². The smallest absolute Gasteiger partial charge is 0.202 e. The number of aliphatic hydroxyl groups is 2. The van der Waals surface area contributed by atoms with Crippen molar-refractivity contribution in [1.82, 2.24) is 0 Å². The van der Waals surface area contributed by atoms with E-state index in [1.165, 1.54) is 32.2 Å². The van der Waals surface area contributed by atoms with Crippen molar-refractivity contribution in [3.8, 4) is 17.2 Å². The molecule has 11 nitrogen and oxygen atoms in total. The normalized spacial score (nSPS) is 29.8. The minimum Gasteiger partial charge on any atom is -0.507 e. The van der Waals surface area contributed by atoms with Crippen LogP contribution in [0.25, 0.3) is 0 Å². The number of carbonyl (C=O) groups excluding carboxylic acids is 3. The zero-order valence-electron chi connectivity index (χ0n) is 21.8. The lowest BCUT2D eigenvalue weighted by atomic mass is 9.71. The number of hydrogen-bond donors (Lipinski definition) is 5. The first-order valence-electron chi connectivity index (χ1n) is 12.7. The first-order valence-corrected chi connectivity index (χ1v) is 12.7. The molecule has 2 aliphatic carbocycles. The molecule has 1 fully saturated rings. The van der Waals surface area contributed by atoms with Crippen molar-refractivity contribution in [1.29, 1.82) is 0 Å². The molecular weight excluding hydrogens is 510 g/mol. The summed E-state index contributed by atoms with van der Waals surface area (Å²) in [5.41, 5.74) is 3.52. The predicted octanol–water partition coefficient (Wildman–Crippen LogP) is 1.42. The van der Waals surface area contributed by atoms with Crippen LogP contribution in [0.2, 0.25) is 0 Å². The van der Waals surface area contributed by atoms with E-state index in [0.717, 1.165) is 0 Å². The van der Waals surface area contributed by atoms with Crippen molar-refractivity contribution in [2.24, 2.45) is 5.73 Å². The van der Waals surface area contributed by atoms with Crippen molar-refractivity contribution in [2.75, 3.05) is 7.11 Å². The Morgan fingerprint density at radius 1 is 1.15 bits per heavy atom. The first kappa shape index (κ1) is 27.2. The molecule has 2 aromatic carbocycles. The molecule has 0 radical (unpaired) electrons. The Kier molecular flexibility index (Phi) is 6.76. The summed E-state index contributed by atoms with van der Waals surface area (Å²) in [6, 6.07) is 3.79. The van der Waals surface area contributed by atoms with Crippen LogP contribution in [0.3, 0.4) is 0 Å². The van der Waals surface area contributed by atoms with Crippen LogP contribution >= 0.6 is 0 Å². The van der Waals surface area contributed by atoms with Gasteiger partial charge in [0.25, 0.3) is 0 Å². The maximum absolute atomic E-state index is 13.7. The quantitative estimate of drug-likeness (QED) is 0.294.